The van der Waals surface area contributed by atoms with Crippen molar-refractivity contribution in [2.24, 2.45) is 11.3 Å². The SMILES string of the molecule is CC1(CCC2CCN(C(C)(C)C)CC2)CCN(C(C)(C)C)C1. The Morgan fingerprint density at radius 2 is 1.41 bits per heavy atom. The van der Waals surface area contributed by atoms with Crippen LogP contribution in [0.25, 0.3) is 0 Å². The summed E-state index contributed by atoms with van der Waals surface area (Å²) in [4.78, 5) is 5.36. The Hall–Kier alpha value is -0.0800. The fraction of sp³-hybridized carbons (Fsp3) is 1.00. The molecule has 0 aromatic carbocycles. The minimum atomic E-state index is 0.343. The van der Waals surface area contributed by atoms with Crippen LogP contribution in [-0.4, -0.2) is 47.1 Å². The number of rotatable bonds is 3. The second-order valence-corrected chi connectivity index (χ2v) is 10.3. The zero-order valence-corrected chi connectivity index (χ0v) is 16.3. The maximum absolute atomic E-state index is 2.69. The molecule has 0 aliphatic carbocycles. The smallest absolute Gasteiger partial charge is 0.0125 e. The normalized spacial score (nSPS) is 30.1. The van der Waals surface area contributed by atoms with Crippen LogP contribution in [0, 0.1) is 11.3 Å². The third-order valence-corrected chi connectivity index (χ3v) is 6.23. The summed E-state index contributed by atoms with van der Waals surface area (Å²) in [7, 11) is 0. The Morgan fingerprint density at radius 3 is 1.86 bits per heavy atom. The van der Waals surface area contributed by atoms with Crippen molar-refractivity contribution in [3.05, 3.63) is 0 Å². The molecule has 2 saturated heterocycles. The third-order valence-electron chi connectivity index (χ3n) is 6.23. The minimum absolute atomic E-state index is 0.343. The summed E-state index contributed by atoms with van der Waals surface area (Å²) >= 11 is 0. The summed E-state index contributed by atoms with van der Waals surface area (Å²) in [5, 5.41) is 0. The van der Waals surface area contributed by atoms with Crippen LogP contribution >= 0.6 is 0 Å². The summed E-state index contributed by atoms with van der Waals surface area (Å²) in [5.74, 6) is 0.971. The van der Waals surface area contributed by atoms with E-state index in [4.69, 9.17) is 0 Å². The minimum Gasteiger partial charge on any atom is -0.298 e. The van der Waals surface area contributed by atoms with Gasteiger partial charge in [0.25, 0.3) is 0 Å². The molecule has 2 rings (SSSR count). The molecule has 0 aromatic rings. The van der Waals surface area contributed by atoms with Gasteiger partial charge in [-0.1, -0.05) is 6.92 Å². The van der Waals surface area contributed by atoms with Crippen molar-refractivity contribution in [3.63, 3.8) is 0 Å². The first kappa shape index (κ1) is 18.3. The van der Waals surface area contributed by atoms with Gasteiger partial charge in [0.2, 0.25) is 0 Å². The molecule has 2 heterocycles. The quantitative estimate of drug-likeness (QED) is 0.740. The van der Waals surface area contributed by atoms with Gasteiger partial charge in [0.05, 0.1) is 0 Å². The number of hydrogen-bond acceptors (Lipinski definition) is 2. The molecule has 0 amide bonds. The zero-order valence-electron chi connectivity index (χ0n) is 16.3. The molecule has 0 spiro atoms. The van der Waals surface area contributed by atoms with Crippen LogP contribution in [0.5, 0.6) is 0 Å². The summed E-state index contributed by atoms with van der Waals surface area (Å²) < 4.78 is 0. The highest BCUT2D eigenvalue weighted by atomic mass is 15.2. The van der Waals surface area contributed by atoms with Crippen LogP contribution in [-0.2, 0) is 0 Å². The van der Waals surface area contributed by atoms with Gasteiger partial charge < -0.3 is 0 Å². The van der Waals surface area contributed by atoms with Crippen molar-refractivity contribution < 1.29 is 0 Å². The molecule has 0 N–H and O–H groups in total. The molecule has 2 nitrogen and oxygen atoms in total. The van der Waals surface area contributed by atoms with Crippen LogP contribution in [0.1, 0.15) is 80.6 Å². The molecule has 1 unspecified atom stereocenters. The average Bonchev–Trinajstić information content (AvgIpc) is 2.79. The maximum atomic E-state index is 2.69. The van der Waals surface area contributed by atoms with Crippen molar-refractivity contribution in [1.29, 1.82) is 0 Å². The number of piperidine rings is 1. The lowest BCUT2D eigenvalue weighted by Crippen LogP contribution is -2.46. The van der Waals surface area contributed by atoms with Gasteiger partial charge in [-0.15, -0.1) is 0 Å². The standard InChI is InChI=1S/C20H40N2/c1-18(2,3)21-13-9-17(10-14-21)8-11-20(7)12-15-22(16-20)19(4,5)6/h17H,8-16H2,1-7H3. The Kier molecular flexibility index (Phi) is 5.34. The van der Waals surface area contributed by atoms with Crippen molar-refractivity contribution in [2.45, 2.75) is 91.6 Å². The van der Waals surface area contributed by atoms with E-state index >= 15 is 0 Å². The van der Waals surface area contributed by atoms with Crippen molar-refractivity contribution in [1.82, 2.24) is 9.80 Å². The molecule has 1 atom stereocenters. The summed E-state index contributed by atoms with van der Waals surface area (Å²) in [6.07, 6.45) is 7.10. The van der Waals surface area contributed by atoms with Crippen LogP contribution in [0.15, 0.2) is 0 Å². The van der Waals surface area contributed by atoms with Crippen molar-refractivity contribution >= 4 is 0 Å². The molecule has 2 aliphatic heterocycles. The van der Waals surface area contributed by atoms with Crippen LogP contribution in [0.2, 0.25) is 0 Å². The summed E-state index contributed by atoms with van der Waals surface area (Å²) in [5.41, 5.74) is 1.26. The first-order valence-corrected chi connectivity index (χ1v) is 9.50. The van der Waals surface area contributed by atoms with E-state index in [1.165, 1.54) is 58.3 Å². The second-order valence-electron chi connectivity index (χ2n) is 10.3. The molecule has 2 aliphatic rings. The molecule has 2 heteroatoms. The van der Waals surface area contributed by atoms with Gasteiger partial charge >= 0.3 is 0 Å². The first-order valence-electron chi connectivity index (χ1n) is 9.50. The molecule has 2 fully saturated rings. The monoisotopic (exact) mass is 308 g/mol. The highest BCUT2D eigenvalue weighted by Gasteiger charge is 2.38. The van der Waals surface area contributed by atoms with E-state index in [0.717, 1.165) is 5.92 Å². The summed E-state index contributed by atoms with van der Waals surface area (Å²) in [6.45, 7) is 21.9. The van der Waals surface area contributed by atoms with Gasteiger partial charge in [0.1, 0.15) is 0 Å². The van der Waals surface area contributed by atoms with Crippen LogP contribution in [0.4, 0.5) is 0 Å². The van der Waals surface area contributed by atoms with E-state index in [9.17, 15) is 0 Å². The lowest BCUT2D eigenvalue weighted by Gasteiger charge is -2.41. The van der Waals surface area contributed by atoms with Crippen molar-refractivity contribution in [2.75, 3.05) is 26.2 Å². The highest BCUT2D eigenvalue weighted by molar-refractivity contribution is 4.92. The largest absolute Gasteiger partial charge is 0.298 e. The maximum Gasteiger partial charge on any atom is 0.0125 e. The van der Waals surface area contributed by atoms with Crippen LogP contribution in [0.3, 0.4) is 0 Å². The lowest BCUT2D eigenvalue weighted by atomic mass is 9.79. The van der Waals surface area contributed by atoms with Crippen molar-refractivity contribution in [3.8, 4) is 0 Å². The lowest BCUT2D eigenvalue weighted by molar-refractivity contribution is 0.0799. The molecule has 0 saturated carbocycles. The Labute approximate surface area is 139 Å². The zero-order chi connectivity index (χ0) is 16.6. The fourth-order valence-corrected chi connectivity index (χ4v) is 4.25. The van der Waals surface area contributed by atoms with Gasteiger partial charge in [-0.05, 0) is 105 Å². The molecular weight excluding hydrogens is 268 g/mol. The first-order chi connectivity index (χ1) is 10.00. The van der Waals surface area contributed by atoms with E-state index < -0.39 is 0 Å². The predicted molar refractivity (Wildman–Crippen MR) is 97.3 cm³/mol. The van der Waals surface area contributed by atoms with Gasteiger partial charge in [-0.2, -0.15) is 0 Å². The fourth-order valence-electron chi connectivity index (χ4n) is 4.25. The molecule has 0 radical (unpaired) electrons. The topological polar surface area (TPSA) is 6.48 Å². The van der Waals surface area contributed by atoms with E-state index in [-0.39, 0.29) is 0 Å². The van der Waals surface area contributed by atoms with Gasteiger partial charge in [0.15, 0.2) is 0 Å². The third kappa shape index (κ3) is 4.71. The Morgan fingerprint density at radius 1 is 0.864 bits per heavy atom. The number of likely N-dealkylation sites (tertiary alicyclic amines) is 2. The average molecular weight is 309 g/mol. The van der Waals surface area contributed by atoms with Gasteiger partial charge in [0, 0.05) is 17.6 Å². The van der Waals surface area contributed by atoms with E-state index in [0.29, 0.717) is 16.5 Å². The van der Waals surface area contributed by atoms with E-state index in [1.807, 2.05) is 0 Å². The van der Waals surface area contributed by atoms with Gasteiger partial charge in [-0.3, -0.25) is 9.80 Å². The Bertz CT molecular complexity index is 355. The van der Waals surface area contributed by atoms with Gasteiger partial charge in [-0.25, -0.2) is 0 Å². The van der Waals surface area contributed by atoms with E-state index in [1.54, 1.807) is 0 Å². The predicted octanol–water partition coefficient (Wildman–Crippen LogP) is 4.79. The number of hydrogen-bond donors (Lipinski definition) is 0. The molecular formula is C20H40N2. The molecule has 130 valence electrons. The molecule has 0 aromatic heterocycles. The highest BCUT2D eigenvalue weighted by Crippen LogP contribution is 2.39. The molecule has 0 bridgehead atoms. The van der Waals surface area contributed by atoms with E-state index in [2.05, 4.69) is 58.3 Å². The second kappa shape index (κ2) is 6.43. The Balaban J connectivity index is 1.75. The summed E-state index contributed by atoms with van der Waals surface area (Å²) in [6, 6.07) is 0. The number of nitrogens with zero attached hydrogens (tertiary/aromatic N) is 2. The van der Waals surface area contributed by atoms with Crippen LogP contribution < -0.4 is 0 Å². The molecule has 22 heavy (non-hydrogen) atoms.